The predicted octanol–water partition coefficient (Wildman–Crippen LogP) is 1.67. The van der Waals surface area contributed by atoms with Crippen molar-refractivity contribution in [3.63, 3.8) is 0 Å². The molecule has 0 aliphatic heterocycles. The summed E-state index contributed by atoms with van der Waals surface area (Å²) in [6, 6.07) is 0.440. The van der Waals surface area contributed by atoms with Crippen LogP contribution < -0.4 is 0 Å². The van der Waals surface area contributed by atoms with Crippen molar-refractivity contribution >= 4 is 0 Å². The summed E-state index contributed by atoms with van der Waals surface area (Å²) >= 11 is 0. The number of aliphatic hydroxyl groups is 1. The van der Waals surface area contributed by atoms with Crippen LogP contribution in [0.15, 0.2) is 12.4 Å². The van der Waals surface area contributed by atoms with E-state index < -0.39 is 0 Å². The molecular formula is C12H23N3O. The van der Waals surface area contributed by atoms with Crippen molar-refractivity contribution in [1.29, 1.82) is 0 Å². The largest absolute Gasteiger partial charge is 0.395 e. The van der Waals surface area contributed by atoms with Crippen LogP contribution in [0.5, 0.6) is 0 Å². The Balaban J connectivity index is 2.64. The Bertz CT molecular complexity index is 290. The van der Waals surface area contributed by atoms with Crippen LogP contribution >= 0.6 is 0 Å². The maximum absolute atomic E-state index is 9.00. The molecule has 0 bridgehead atoms. The zero-order valence-corrected chi connectivity index (χ0v) is 10.6. The fourth-order valence-electron chi connectivity index (χ4n) is 1.86. The molecule has 0 spiro atoms. The minimum absolute atomic E-state index is 0.211. The zero-order chi connectivity index (χ0) is 12.0. The van der Waals surface area contributed by atoms with Crippen molar-refractivity contribution in [1.82, 2.24) is 14.5 Å². The first-order chi connectivity index (χ1) is 7.69. The van der Waals surface area contributed by atoms with Gasteiger partial charge >= 0.3 is 0 Å². The molecule has 1 rings (SSSR count). The molecule has 0 aliphatic rings. The number of aromatic nitrogens is 2. The predicted molar refractivity (Wildman–Crippen MR) is 65.3 cm³/mol. The number of hydrogen-bond acceptors (Lipinski definition) is 3. The average molecular weight is 225 g/mol. The van der Waals surface area contributed by atoms with Gasteiger partial charge in [0, 0.05) is 25.0 Å². The smallest absolute Gasteiger partial charge is 0.123 e. The highest BCUT2D eigenvalue weighted by atomic mass is 16.3. The highest BCUT2D eigenvalue weighted by Gasteiger charge is 2.10. The van der Waals surface area contributed by atoms with Crippen molar-refractivity contribution < 1.29 is 5.11 Å². The van der Waals surface area contributed by atoms with E-state index in [-0.39, 0.29) is 6.61 Å². The minimum Gasteiger partial charge on any atom is -0.395 e. The van der Waals surface area contributed by atoms with Crippen LogP contribution in [0, 0.1) is 0 Å². The highest BCUT2D eigenvalue weighted by Crippen LogP contribution is 2.10. The van der Waals surface area contributed by atoms with Gasteiger partial charge in [0.25, 0.3) is 0 Å². The van der Waals surface area contributed by atoms with Gasteiger partial charge in [0.2, 0.25) is 0 Å². The molecule has 0 saturated carbocycles. The van der Waals surface area contributed by atoms with Gasteiger partial charge < -0.3 is 9.67 Å². The summed E-state index contributed by atoms with van der Waals surface area (Å²) in [5.41, 5.74) is 0. The molecule has 0 radical (unpaired) electrons. The van der Waals surface area contributed by atoms with Gasteiger partial charge in [-0.15, -0.1) is 0 Å². The van der Waals surface area contributed by atoms with Gasteiger partial charge in [0.05, 0.1) is 13.2 Å². The lowest BCUT2D eigenvalue weighted by atomic mass is 10.3. The van der Waals surface area contributed by atoms with E-state index in [0.29, 0.717) is 6.04 Å². The van der Waals surface area contributed by atoms with E-state index in [1.165, 1.54) is 0 Å². The van der Waals surface area contributed by atoms with Crippen LogP contribution in [0.4, 0.5) is 0 Å². The third-order valence-corrected chi connectivity index (χ3v) is 2.63. The summed E-state index contributed by atoms with van der Waals surface area (Å²) in [5, 5.41) is 9.00. The molecule has 92 valence electrons. The number of rotatable bonds is 7. The van der Waals surface area contributed by atoms with E-state index in [9.17, 15) is 0 Å². The average Bonchev–Trinajstić information content (AvgIpc) is 2.66. The maximum atomic E-state index is 9.00. The van der Waals surface area contributed by atoms with Crippen LogP contribution in [0.25, 0.3) is 0 Å². The van der Waals surface area contributed by atoms with Crippen LogP contribution in [0.3, 0.4) is 0 Å². The normalized spacial score (nSPS) is 11.6. The Kier molecular flexibility index (Phi) is 5.49. The van der Waals surface area contributed by atoms with Crippen molar-refractivity contribution in [3.8, 4) is 0 Å². The third kappa shape index (κ3) is 3.61. The van der Waals surface area contributed by atoms with Gasteiger partial charge in [-0.05, 0) is 26.8 Å². The molecule has 0 aromatic carbocycles. The topological polar surface area (TPSA) is 41.3 Å². The summed E-state index contributed by atoms with van der Waals surface area (Å²) < 4.78 is 2.18. The first kappa shape index (κ1) is 13.2. The second-order valence-electron chi connectivity index (χ2n) is 4.34. The number of imidazole rings is 1. The molecule has 16 heavy (non-hydrogen) atoms. The number of nitrogens with zero attached hydrogens (tertiary/aromatic N) is 3. The molecule has 4 nitrogen and oxygen atoms in total. The minimum atomic E-state index is 0.211. The fraction of sp³-hybridized carbons (Fsp3) is 0.750. The van der Waals surface area contributed by atoms with E-state index in [1.807, 2.05) is 12.4 Å². The second kappa shape index (κ2) is 6.66. The molecule has 0 amide bonds. The second-order valence-corrected chi connectivity index (χ2v) is 4.34. The lowest BCUT2D eigenvalue weighted by Crippen LogP contribution is -2.29. The van der Waals surface area contributed by atoms with Gasteiger partial charge in [-0.1, -0.05) is 6.92 Å². The first-order valence-electron chi connectivity index (χ1n) is 6.04. The molecule has 4 heteroatoms. The molecule has 0 aliphatic carbocycles. The Morgan fingerprint density at radius 2 is 2.19 bits per heavy atom. The van der Waals surface area contributed by atoms with E-state index >= 15 is 0 Å². The lowest BCUT2D eigenvalue weighted by molar-refractivity contribution is 0.185. The van der Waals surface area contributed by atoms with E-state index in [2.05, 4.69) is 35.2 Å². The number of hydrogen-bond donors (Lipinski definition) is 1. The third-order valence-electron chi connectivity index (χ3n) is 2.63. The van der Waals surface area contributed by atoms with Crippen LogP contribution in [0.1, 0.15) is 39.1 Å². The van der Waals surface area contributed by atoms with Crippen LogP contribution in [-0.2, 0) is 6.54 Å². The van der Waals surface area contributed by atoms with Gasteiger partial charge in [0.1, 0.15) is 5.82 Å². The Hall–Kier alpha value is -0.870. The standard InChI is InChI=1S/C12H23N3O/c1-4-6-14(8-9-16)10-12-13-5-7-15(12)11(2)3/h5,7,11,16H,4,6,8-10H2,1-3H3. The Labute approximate surface area is 97.9 Å². The van der Waals surface area contributed by atoms with Crippen molar-refractivity contribution in [2.24, 2.45) is 0 Å². The van der Waals surface area contributed by atoms with Crippen LogP contribution in [0.2, 0.25) is 0 Å². The summed E-state index contributed by atoms with van der Waals surface area (Å²) in [6.07, 6.45) is 4.96. The molecule has 0 atom stereocenters. The van der Waals surface area contributed by atoms with Crippen molar-refractivity contribution in [2.45, 2.75) is 39.8 Å². The maximum Gasteiger partial charge on any atom is 0.123 e. The fourth-order valence-corrected chi connectivity index (χ4v) is 1.86. The summed E-state index contributed by atoms with van der Waals surface area (Å²) in [6.45, 7) is 9.22. The van der Waals surface area contributed by atoms with Gasteiger partial charge in [-0.3, -0.25) is 4.90 Å². The van der Waals surface area contributed by atoms with Crippen molar-refractivity contribution in [2.75, 3.05) is 19.7 Å². The summed E-state index contributed by atoms with van der Waals surface area (Å²) in [4.78, 5) is 6.62. The zero-order valence-electron chi connectivity index (χ0n) is 10.6. The SMILES string of the molecule is CCCN(CCO)Cc1nccn1C(C)C. The van der Waals surface area contributed by atoms with Gasteiger partial charge in [-0.2, -0.15) is 0 Å². The van der Waals surface area contributed by atoms with E-state index in [1.54, 1.807) is 0 Å². The van der Waals surface area contributed by atoms with E-state index in [4.69, 9.17) is 5.11 Å². The quantitative estimate of drug-likeness (QED) is 0.767. The van der Waals surface area contributed by atoms with Crippen LogP contribution in [-0.4, -0.2) is 39.3 Å². The number of aliphatic hydroxyl groups excluding tert-OH is 1. The molecule has 1 N–H and O–H groups in total. The molecule has 0 saturated heterocycles. The van der Waals surface area contributed by atoms with Gasteiger partial charge in [-0.25, -0.2) is 4.98 Å². The molecule has 0 unspecified atom stereocenters. The monoisotopic (exact) mass is 225 g/mol. The summed E-state index contributed by atoms with van der Waals surface area (Å²) in [7, 11) is 0. The Morgan fingerprint density at radius 3 is 2.75 bits per heavy atom. The lowest BCUT2D eigenvalue weighted by Gasteiger charge is -2.21. The molecule has 0 fully saturated rings. The highest BCUT2D eigenvalue weighted by molar-refractivity contribution is 4.94. The molecule has 1 aromatic heterocycles. The molecule has 1 heterocycles. The van der Waals surface area contributed by atoms with Gasteiger partial charge in [0.15, 0.2) is 0 Å². The Morgan fingerprint density at radius 1 is 1.44 bits per heavy atom. The van der Waals surface area contributed by atoms with E-state index in [0.717, 1.165) is 31.9 Å². The molecular weight excluding hydrogens is 202 g/mol. The first-order valence-corrected chi connectivity index (χ1v) is 6.04. The molecule has 1 aromatic rings. The summed E-state index contributed by atoms with van der Waals surface area (Å²) in [5.74, 6) is 1.08. The van der Waals surface area contributed by atoms with Crippen molar-refractivity contribution in [3.05, 3.63) is 18.2 Å².